The Labute approximate surface area is 73.0 Å². The number of hydrogen-bond donors (Lipinski definition) is 2. The number of oxime groups is 1. The first-order valence-corrected chi connectivity index (χ1v) is 4.42. The molecule has 0 aromatic rings. The molecule has 0 aromatic carbocycles. The van der Waals surface area contributed by atoms with Gasteiger partial charge in [-0.15, -0.1) is 0 Å². The number of nitrogens with two attached hydrogens (primary N) is 1. The van der Waals surface area contributed by atoms with Crippen molar-refractivity contribution in [1.29, 1.82) is 0 Å². The van der Waals surface area contributed by atoms with Gasteiger partial charge in [0.05, 0.1) is 0 Å². The minimum atomic E-state index is 0.245. The molecule has 0 spiro atoms. The predicted molar refractivity (Wildman–Crippen MR) is 48.0 cm³/mol. The van der Waals surface area contributed by atoms with Crippen molar-refractivity contribution < 1.29 is 5.21 Å². The summed E-state index contributed by atoms with van der Waals surface area (Å²) in [5.74, 6) is 0.245. The van der Waals surface area contributed by atoms with E-state index in [1.54, 1.807) is 0 Å². The number of hydrogen-bond acceptors (Lipinski definition) is 2. The highest BCUT2D eigenvalue weighted by Gasteiger charge is 2.26. The van der Waals surface area contributed by atoms with Crippen LogP contribution >= 0.6 is 0 Å². The Balaban J connectivity index is 2.69. The van der Waals surface area contributed by atoms with Gasteiger partial charge in [0.2, 0.25) is 5.96 Å². The van der Waals surface area contributed by atoms with Gasteiger partial charge in [0.1, 0.15) is 0 Å². The van der Waals surface area contributed by atoms with Gasteiger partial charge in [-0.3, -0.25) is 0 Å². The van der Waals surface area contributed by atoms with Crippen molar-refractivity contribution in [2.75, 3.05) is 0 Å². The fourth-order valence-electron chi connectivity index (χ4n) is 1.92. The first kappa shape index (κ1) is 9.16. The third kappa shape index (κ3) is 1.62. The van der Waals surface area contributed by atoms with Crippen molar-refractivity contribution in [3.8, 4) is 0 Å². The van der Waals surface area contributed by atoms with Crippen LogP contribution in [0.2, 0.25) is 0 Å². The SMILES string of the molecule is CC1CCCC(C)N1/C(N)=N/O. The van der Waals surface area contributed by atoms with Gasteiger partial charge in [-0.05, 0) is 33.1 Å². The first-order valence-electron chi connectivity index (χ1n) is 4.42. The summed E-state index contributed by atoms with van der Waals surface area (Å²) in [5, 5.41) is 11.6. The molecule has 1 aliphatic heterocycles. The van der Waals surface area contributed by atoms with Crippen molar-refractivity contribution in [1.82, 2.24) is 4.90 Å². The maximum absolute atomic E-state index is 8.54. The molecule has 0 radical (unpaired) electrons. The minimum absolute atomic E-state index is 0.245. The van der Waals surface area contributed by atoms with Crippen LogP contribution in [-0.4, -0.2) is 28.2 Å². The molecule has 0 bridgehead atoms. The van der Waals surface area contributed by atoms with Crippen LogP contribution in [0, 0.1) is 0 Å². The lowest BCUT2D eigenvalue weighted by molar-refractivity contribution is 0.178. The lowest BCUT2D eigenvalue weighted by Crippen LogP contribution is -2.50. The van der Waals surface area contributed by atoms with Crippen LogP contribution in [0.25, 0.3) is 0 Å². The quantitative estimate of drug-likeness (QED) is 0.247. The summed E-state index contributed by atoms with van der Waals surface area (Å²) in [6.45, 7) is 4.21. The third-order valence-electron chi connectivity index (χ3n) is 2.56. The molecule has 0 amide bonds. The lowest BCUT2D eigenvalue weighted by Gasteiger charge is -2.39. The smallest absolute Gasteiger partial charge is 0.233 e. The standard InChI is InChI=1S/C8H17N3O/c1-6-4-3-5-7(2)11(6)8(9)10-12/h6-7,12H,3-5H2,1-2H3,(H2,9,10). The van der Waals surface area contributed by atoms with Crippen LogP contribution < -0.4 is 5.73 Å². The Morgan fingerprint density at radius 3 is 2.33 bits per heavy atom. The molecule has 4 heteroatoms. The Morgan fingerprint density at radius 1 is 1.42 bits per heavy atom. The molecule has 4 nitrogen and oxygen atoms in total. The molecule has 1 heterocycles. The maximum atomic E-state index is 8.54. The van der Waals surface area contributed by atoms with Gasteiger partial charge in [-0.25, -0.2) is 0 Å². The zero-order valence-corrected chi connectivity index (χ0v) is 7.70. The lowest BCUT2D eigenvalue weighted by atomic mass is 9.98. The monoisotopic (exact) mass is 171 g/mol. The predicted octanol–water partition coefficient (Wildman–Crippen LogP) is 0.953. The topological polar surface area (TPSA) is 61.8 Å². The number of rotatable bonds is 0. The molecule has 70 valence electrons. The summed E-state index contributed by atoms with van der Waals surface area (Å²) in [6.07, 6.45) is 3.48. The van der Waals surface area contributed by atoms with Gasteiger partial charge in [0.25, 0.3) is 0 Å². The van der Waals surface area contributed by atoms with E-state index in [0.29, 0.717) is 12.1 Å². The molecule has 0 aromatic heterocycles. The van der Waals surface area contributed by atoms with E-state index in [1.807, 2.05) is 4.90 Å². The fourth-order valence-corrected chi connectivity index (χ4v) is 1.92. The highest BCUT2D eigenvalue weighted by atomic mass is 16.4. The number of piperidine rings is 1. The largest absolute Gasteiger partial charge is 0.408 e. The first-order chi connectivity index (χ1) is 5.66. The number of likely N-dealkylation sites (tertiary alicyclic amines) is 1. The molecule has 1 rings (SSSR count). The minimum Gasteiger partial charge on any atom is -0.408 e. The van der Waals surface area contributed by atoms with Gasteiger partial charge >= 0.3 is 0 Å². The second-order valence-electron chi connectivity index (χ2n) is 3.49. The van der Waals surface area contributed by atoms with Gasteiger partial charge in [-0.1, -0.05) is 5.16 Å². The van der Waals surface area contributed by atoms with E-state index < -0.39 is 0 Å². The molecule has 2 atom stereocenters. The van der Waals surface area contributed by atoms with Gasteiger partial charge in [0, 0.05) is 12.1 Å². The van der Waals surface area contributed by atoms with Gasteiger partial charge in [0.15, 0.2) is 0 Å². The Bertz CT molecular complexity index is 171. The van der Waals surface area contributed by atoms with Crippen LogP contribution in [0.1, 0.15) is 33.1 Å². The molecule has 3 N–H and O–H groups in total. The fraction of sp³-hybridized carbons (Fsp3) is 0.875. The van der Waals surface area contributed by atoms with E-state index in [4.69, 9.17) is 10.9 Å². The molecule has 1 aliphatic rings. The van der Waals surface area contributed by atoms with Crippen molar-refractivity contribution in [3.05, 3.63) is 0 Å². The van der Waals surface area contributed by atoms with Crippen LogP contribution in [0.15, 0.2) is 5.16 Å². The maximum Gasteiger partial charge on any atom is 0.233 e. The third-order valence-corrected chi connectivity index (χ3v) is 2.56. The molecule has 12 heavy (non-hydrogen) atoms. The van der Waals surface area contributed by atoms with E-state index in [1.165, 1.54) is 6.42 Å². The average molecular weight is 171 g/mol. The second kappa shape index (κ2) is 3.65. The van der Waals surface area contributed by atoms with Crippen molar-refractivity contribution in [2.45, 2.75) is 45.2 Å². The van der Waals surface area contributed by atoms with Crippen molar-refractivity contribution in [2.24, 2.45) is 10.9 Å². The summed E-state index contributed by atoms with van der Waals surface area (Å²) >= 11 is 0. The zero-order chi connectivity index (χ0) is 9.14. The summed E-state index contributed by atoms with van der Waals surface area (Å²) in [6, 6.07) is 0.786. The highest BCUT2D eigenvalue weighted by Crippen LogP contribution is 2.21. The van der Waals surface area contributed by atoms with Crippen LogP contribution in [-0.2, 0) is 0 Å². The van der Waals surface area contributed by atoms with E-state index >= 15 is 0 Å². The van der Waals surface area contributed by atoms with Crippen molar-refractivity contribution >= 4 is 5.96 Å². The molecular weight excluding hydrogens is 154 g/mol. The molecule has 0 saturated carbocycles. The zero-order valence-electron chi connectivity index (χ0n) is 7.70. The summed E-state index contributed by atoms with van der Waals surface area (Å²) < 4.78 is 0. The summed E-state index contributed by atoms with van der Waals surface area (Å²) in [5.41, 5.74) is 5.55. The van der Waals surface area contributed by atoms with Crippen LogP contribution in [0.4, 0.5) is 0 Å². The van der Waals surface area contributed by atoms with E-state index in [0.717, 1.165) is 12.8 Å². The molecular formula is C8H17N3O. The highest BCUT2D eigenvalue weighted by molar-refractivity contribution is 5.78. The van der Waals surface area contributed by atoms with Crippen LogP contribution in [0.5, 0.6) is 0 Å². The molecule has 1 saturated heterocycles. The summed E-state index contributed by atoms with van der Waals surface area (Å²) in [7, 11) is 0. The molecule has 0 aliphatic carbocycles. The molecule has 2 unspecified atom stereocenters. The van der Waals surface area contributed by atoms with E-state index in [-0.39, 0.29) is 5.96 Å². The Hall–Kier alpha value is -0.930. The number of nitrogens with zero attached hydrogens (tertiary/aromatic N) is 2. The Kier molecular flexibility index (Phi) is 2.78. The van der Waals surface area contributed by atoms with E-state index in [2.05, 4.69) is 19.0 Å². The number of guanidine groups is 1. The molecule has 1 fully saturated rings. The van der Waals surface area contributed by atoms with Gasteiger partial charge < -0.3 is 15.8 Å². The van der Waals surface area contributed by atoms with E-state index in [9.17, 15) is 0 Å². The summed E-state index contributed by atoms with van der Waals surface area (Å²) in [4.78, 5) is 1.98. The second-order valence-corrected chi connectivity index (χ2v) is 3.49. The van der Waals surface area contributed by atoms with Gasteiger partial charge in [-0.2, -0.15) is 0 Å². The Morgan fingerprint density at radius 2 is 1.92 bits per heavy atom. The average Bonchev–Trinajstić information content (AvgIpc) is 2.03. The normalized spacial score (nSPS) is 32.2. The van der Waals surface area contributed by atoms with Crippen molar-refractivity contribution in [3.63, 3.8) is 0 Å². The van der Waals surface area contributed by atoms with Crippen LogP contribution in [0.3, 0.4) is 0 Å².